The van der Waals surface area contributed by atoms with Crippen LogP contribution in [0.1, 0.15) is 47.8 Å². The van der Waals surface area contributed by atoms with Gasteiger partial charge in [-0.25, -0.2) is 0 Å². The van der Waals surface area contributed by atoms with Crippen molar-refractivity contribution in [2.45, 2.75) is 31.7 Å². The van der Waals surface area contributed by atoms with Crippen molar-refractivity contribution in [3.05, 3.63) is 59.0 Å². The molecule has 1 N–H and O–H groups in total. The van der Waals surface area contributed by atoms with Crippen molar-refractivity contribution in [3.63, 3.8) is 0 Å². The first-order valence-electron chi connectivity index (χ1n) is 10.7. The summed E-state index contributed by atoms with van der Waals surface area (Å²) in [5.74, 6) is 0.667. The molecule has 6 nitrogen and oxygen atoms in total. The van der Waals surface area contributed by atoms with Crippen LogP contribution in [-0.4, -0.2) is 54.3 Å². The molecule has 2 atom stereocenters. The molecule has 160 valence electrons. The first-order valence-corrected chi connectivity index (χ1v) is 11.1. The van der Waals surface area contributed by atoms with Gasteiger partial charge in [-0.15, -0.1) is 0 Å². The SMILES string of the molecule is O=C(NC[C@H](c1ccco1)N1CCCC1)[C@@H]1CCCN(C(=O)c2ccc(Cl)cc2)C1. The highest BCUT2D eigenvalue weighted by atomic mass is 35.5. The number of hydrogen-bond donors (Lipinski definition) is 1. The summed E-state index contributed by atoms with van der Waals surface area (Å²) in [4.78, 5) is 29.9. The van der Waals surface area contributed by atoms with Crippen molar-refractivity contribution in [2.24, 2.45) is 5.92 Å². The Balaban J connectivity index is 1.35. The van der Waals surface area contributed by atoms with Crippen molar-refractivity contribution in [1.29, 1.82) is 0 Å². The van der Waals surface area contributed by atoms with Crippen LogP contribution in [0.4, 0.5) is 0 Å². The third-order valence-electron chi connectivity index (χ3n) is 6.09. The molecule has 2 aliphatic rings. The Morgan fingerprint density at radius 3 is 2.57 bits per heavy atom. The Hall–Kier alpha value is -2.31. The second-order valence-corrected chi connectivity index (χ2v) is 8.55. The topological polar surface area (TPSA) is 65.8 Å². The molecule has 0 radical (unpaired) electrons. The molecule has 0 aliphatic carbocycles. The molecule has 0 bridgehead atoms. The Morgan fingerprint density at radius 2 is 1.87 bits per heavy atom. The van der Waals surface area contributed by atoms with Crippen LogP contribution >= 0.6 is 11.6 Å². The molecule has 2 amide bonds. The van der Waals surface area contributed by atoms with Crippen LogP contribution in [0.15, 0.2) is 47.1 Å². The average Bonchev–Trinajstić information content (AvgIpc) is 3.49. The molecule has 1 aromatic carbocycles. The number of amides is 2. The van der Waals surface area contributed by atoms with E-state index in [2.05, 4.69) is 10.2 Å². The first kappa shape index (κ1) is 20.9. The Bertz CT molecular complexity index is 847. The molecule has 2 saturated heterocycles. The zero-order valence-electron chi connectivity index (χ0n) is 17.1. The van der Waals surface area contributed by atoms with E-state index in [-0.39, 0.29) is 23.8 Å². The van der Waals surface area contributed by atoms with E-state index in [4.69, 9.17) is 16.0 Å². The third kappa shape index (κ3) is 4.87. The minimum absolute atomic E-state index is 0.0133. The van der Waals surface area contributed by atoms with E-state index in [1.165, 1.54) is 12.8 Å². The van der Waals surface area contributed by atoms with Crippen LogP contribution in [0.3, 0.4) is 0 Å². The molecule has 0 saturated carbocycles. The van der Waals surface area contributed by atoms with E-state index in [0.29, 0.717) is 30.2 Å². The van der Waals surface area contributed by atoms with E-state index in [0.717, 1.165) is 31.7 Å². The number of hydrogen-bond acceptors (Lipinski definition) is 4. The minimum atomic E-state index is -0.189. The molecule has 2 aromatic rings. The predicted octanol–water partition coefficient (Wildman–Crippen LogP) is 3.74. The van der Waals surface area contributed by atoms with Crippen molar-refractivity contribution in [3.8, 4) is 0 Å². The number of rotatable bonds is 6. The van der Waals surface area contributed by atoms with Gasteiger partial charge in [-0.2, -0.15) is 0 Å². The standard InChI is InChI=1S/C23H28ClN3O3/c24-19-9-7-17(8-10-19)23(29)27-13-3-5-18(16-27)22(28)25-15-20(21-6-4-14-30-21)26-11-1-2-12-26/h4,6-10,14,18,20H,1-3,5,11-13,15-16H2,(H,25,28)/t18-,20-/m1/s1. The van der Waals surface area contributed by atoms with Crippen molar-refractivity contribution < 1.29 is 14.0 Å². The summed E-state index contributed by atoms with van der Waals surface area (Å²) in [6.07, 6.45) is 5.66. The number of carbonyl (C=O) groups is 2. The molecule has 4 rings (SSSR count). The number of likely N-dealkylation sites (tertiary alicyclic amines) is 2. The van der Waals surface area contributed by atoms with Crippen molar-refractivity contribution in [1.82, 2.24) is 15.1 Å². The highest BCUT2D eigenvalue weighted by Crippen LogP contribution is 2.25. The fourth-order valence-corrected chi connectivity index (χ4v) is 4.56. The number of benzene rings is 1. The summed E-state index contributed by atoms with van der Waals surface area (Å²) in [6.45, 7) is 3.69. The quantitative estimate of drug-likeness (QED) is 0.759. The summed E-state index contributed by atoms with van der Waals surface area (Å²) in [5.41, 5.74) is 0.604. The lowest BCUT2D eigenvalue weighted by Crippen LogP contribution is -2.47. The molecule has 30 heavy (non-hydrogen) atoms. The second kappa shape index (κ2) is 9.67. The minimum Gasteiger partial charge on any atom is -0.468 e. The smallest absolute Gasteiger partial charge is 0.253 e. The maximum absolute atomic E-state index is 12.9. The molecule has 1 aromatic heterocycles. The third-order valence-corrected chi connectivity index (χ3v) is 6.35. The summed E-state index contributed by atoms with van der Waals surface area (Å²) in [6, 6.07) is 10.8. The van der Waals surface area contributed by atoms with E-state index < -0.39 is 0 Å². The maximum atomic E-state index is 12.9. The van der Waals surface area contributed by atoms with Gasteiger partial charge in [0.05, 0.1) is 18.2 Å². The second-order valence-electron chi connectivity index (χ2n) is 8.12. The molecule has 7 heteroatoms. The summed E-state index contributed by atoms with van der Waals surface area (Å²) in [7, 11) is 0. The summed E-state index contributed by atoms with van der Waals surface area (Å²) < 4.78 is 5.64. The van der Waals surface area contributed by atoms with Gasteiger partial charge in [-0.05, 0) is 75.2 Å². The number of nitrogens with one attached hydrogen (secondary N) is 1. The molecule has 0 unspecified atom stereocenters. The highest BCUT2D eigenvalue weighted by molar-refractivity contribution is 6.30. The van der Waals surface area contributed by atoms with Crippen molar-refractivity contribution in [2.75, 3.05) is 32.7 Å². The monoisotopic (exact) mass is 429 g/mol. The molecular formula is C23H28ClN3O3. The van der Waals surface area contributed by atoms with Crippen LogP contribution in [0, 0.1) is 5.92 Å². The van der Waals surface area contributed by atoms with E-state index >= 15 is 0 Å². The number of nitrogens with zero attached hydrogens (tertiary/aromatic N) is 2. The Kier molecular flexibility index (Phi) is 6.75. The Morgan fingerprint density at radius 1 is 1.10 bits per heavy atom. The molecule has 3 heterocycles. The summed E-state index contributed by atoms with van der Waals surface area (Å²) >= 11 is 5.92. The average molecular weight is 430 g/mol. The number of piperidine rings is 1. The van der Waals surface area contributed by atoms with Gasteiger partial charge in [0.25, 0.3) is 5.91 Å². The van der Waals surface area contributed by atoms with Gasteiger partial charge >= 0.3 is 0 Å². The van der Waals surface area contributed by atoms with Crippen LogP contribution in [0.2, 0.25) is 5.02 Å². The zero-order chi connectivity index (χ0) is 20.9. The lowest BCUT2D eigenvalue weighted by atomic mass is 9.96. The summed E-state index contributed by atoms with van der Waals surface area (Å²) in [5, 5.41) is 3.73. The highest BCUT2D eigenvalue weighted by Gasteiger charge is 2.31. The lowest BCUT2D eigenvalue weighted by Gasteiger charge is -2.33. The van der Waals surface area contributed by atoms with Gasteiger partial charge in [0.15, 0.2) is 0 Å². The van der Waals surface area contributed by atoms with E-state index in [1.807, 2.05) is 12.1 Å². The lowest BCUT2D eigenvalue weighted by molar-refractivity contribution is -0.126. The van der Waals surface area contributed by atoms with Crippen LogP contribution in [0.25, 0.3) is 0 Å². The largest absolute Gasteiger partial charge is 0.468 e. The Labute approximate surface area is 182 Å². The van der Waals surface area contributed by atoms with Gasteiger partial charge in [0.2, 0.25) is 5.91 Å². The predicted molar refractivity (Wildman–Crippen MR) is 115 cm³/mol. The zero-order valence-corrected chi connectivity index (χ0v) is 17.8. The first-order chi connectivity index (χ1) is 14.6. The molecule has 2 fully saturated rings. The fraction of sp³-hybridized carbons (Fsp3) is 0.478. The van der Waals surface area contributed by atoms with Gasteiger partial charge in [-0.3, -0.25) is 14.5 Å². The van der Waals surface area contributed by atoms with Crippen LogP contribution in [-0.2, 0) is 4.79 Å². The normalized spacial score (nSPS) is 20.8. The maximum Gasteiger partial charge on any atom is 0.253 e. The number of furan rings is 1. The number of carbonyl (C=O) groups excluding carboxylic acids is 2. The fourth-order valence-electron chi connectivity index (χ4n) is 4.44. The van der Waals surface area contributed by atoms with Gasteiger partial charge in [0, 0.05) is 30.2 Å². The van der Waals surface area contributed by atoms with Crippen molar-refractivity contribution >= 4 is 23.4 Å². The van der Waals surface area contributed by atoms with Crippen LogP contribution in [0.5, 0.6) is 0 Å². The van der Waals surface area contributed by atoms with E-state index in [9.17, 15) is 9.59 Å². The van der Waals surface area contributed by atoms with E-state index in [1.54, 1.807) is 35.4 Å². The number of halogens is 1. The molecular weight excluding hydrogens is 402 g/mol. The molecule has 2 aliphatic heterocycles. The van der Waals surface area contributed by atoms with Gasteiger partial charge in [-0.1, -0.05) is 11.6 Å². The van der Waals surface area contributed by atoms with Gasteiger partial charge < -0.3 is 14.6 Å². The van der Waals surface area contributed by atoms with Gasteiger partial charge in [0.1, 0.15) is 5.76 Å². The van der Waals surface area contributed by atoms with Crippen LogP contribution < -0.4 is 5.32 Å². The molecule has 0 spiro atoms.